The molecule has 1 unspecified atom stereocenters. The Bertz CT molecular complexity index is 532. The molecule has 1 heterocycles. The molecule has 0 aromatic heterocycles. The van der Waals surface area contributed by atoms with Crippen LogP contribution < -0.4 is 11.3 Å². The Morgan fingerprint density at radius 2 is 2.25 bits per heavy atom. The molecular weight excluding hydrogens is 260 g/mol. The Morgan fingerprint density at radius 1 is 1.50 bits per heavy atom. The van der Waals surface area contributed by atoms with E-state index in [1.54, 1.807) is 0 Å². The average Bonchev–Trinajstić information content (AvgIpc) is 2.46. The zero-order chi connectivity index (χ0) is 14.7. The second-order valence-electron chi connectivity index (χ2n) is 4.98. The summed E-state index contributed by atoms with van der Waals surface area (Å²) in [4.78, 5) is 24.6. The summed E-state index contributed by atoms with van der Waals surface area (Å²) in [5.41, 5.74) is 2.69. The SMILES string of the molecule is CC1CCCCN1C(=O)c1ccc([N+](=O)[O-])c(NN)c1. The number of hydrazine groups is 1. The number of hydrogen-bond acceptors (Lipinski definition) is 5. The van der Waals surface area contributed by atoms with Gasteiger partial charge in [-0.3, -0.25) is 20.8 Å². The highest BCUT2D eigenvalue weighted by Crippen LogP contribution is 2.26. The van der Waals surface area contributed by atoms with E-state index in [-0.39, 0.29) is 23.3 Å². The quantitative estimate of drug-likeness (QED) is 0.499. The van der Waals surface area contributed by atoms with Crippen molar-refractivity contribution in [2.45, 2.75) is 32.2 Å². The summed E-state index contributed by atoms with van der Waals surface area (Å²) in [5.74, 6) is 5.18. The third kappa shape index (κ3) is 2.72. The number of piperidine rings is 1. The molecular formula is C13H18N4O3. The van der Waals surface area contributed by atoms with Crippen LogP contribution in [0, 0.1) is 10.1 Å². The summed E-state index contributed by atoms with van der Waals surface area (Å²) in [6, 6.07) is 4.40. The van der Waals surface area contributed by atoms with Gasteiger partial charge in [-0.1, -0.05) is 0 Å². The van der Waals surface area contributed by atoms with Gasteiger partial charge < -0.3 is 10.3 Å². The molecule has 1 atom stereocenters. The van der Waals surface area contributed by atoms with Crippen LogP contribution in [0.25, 0.3) is 0 Å². The van der Waals surface area contributed by atoms with Gasteiger partial charge in [0.25, 0.3) is 11.6 Å². The number of nitrogen functional groups attached to an aromatic ring is 1. The largest absolute Gasteiger partial charge is 0.336 e. The Hall–Kier alpha value is -2.15. The lowest BCUT2D eigenvalue weighted by molar-refractivity contribution is -0.384. The predicted molar refractivity (Wildman–Crippen MR) is 75.3 cm³/mol. The van der Waals surface area contributed by atoms with Gasteiger partial charge in [-0.2, -0.15) is 0 Å². The third-order valence-corrected chi connectivity index (χ3v) is 3.66. The van der Waals surface area contributed by atoms with Crippen molar-refractivity contribution >= 4 is 17.3 Å². The van der Waals surface area contributed by atoms with Crippen LogP contribution in [0.3, 0.4) is 0 Å². The van der Waals surface area contributed by atoms with Crippen molar-refractivity contribution in [1.82, 2.24) is 4.90 Å². The number of nitro benzene ring substituents is 1. The maximum absolute atomic E-state index is 12.4. The van der Waals surface area contributed by atoms with E-state index in [0.717, 1.165) is 25.8 Å². The van der Waals surface area contributed by atoms with Crippen LogP contribution in [-0.2, 0) is 0 Å². The molecule has 1 fully saturated rings. The molecule has 1 aliphatic rings. The lowest BCUT2D eigenvalue weighted by Crippen LogP contribution is -2.42. The van der Waals surface area contributed by atoms with Crippen LogP contribution >= 0.6 is 0 Å². The molecule has 0 radical (unpaired) electrons. The number of carbonyl (C=O) groups is 1. The third-order valence-electron chi connectivity index (χ3n) is 3.66. The molecule has 3 N–H and O–H groups in total. The number of carbonyl (C=O) groups excluding carboxylic acids is 1. The maximum atomic E-state index is 12.4. The molecule has 2 rings (SSSR count). The zero-order valence-electron chi connectivity index (χ0n) is 11.3. The highest BCUT2D eigenvalue weighted by molar-refractivity contribution is 5.96. The molecule has 0 spiro atoms. The number of nitrogens with zero attached hydrogens (tertiary/aromatic N) is 2. The van der Waals surface area contributed by atoms with Crippen molar-refractivity contribution in [2.24, 2.45) is 5.84 Å². The fraction of sp³-hybridized carbons (Fsp3) is 0.462. The van der Waals surface area contributed by atoms with Crippen molar-refractivity contribution in [3.8, 4) is 0 Å². The van der Waals surface area contributed by atoms with Crippen LogP contribution in [0.4, 0.5) is 11.4 Å². The summed E-state index contributed by atoms with van der Waals surface area (Å²) in [7, 11) is 0. The maximum Gasteiger partial charge on any atom is 0.293 e. The first-order chi connectivity index (χ1) is 9.54. The normalized spacial score (nSPS) is 18.7. The van der Waals surface area contributed by atoms with Gasteiger partial charge in [0.15, 0.2) is 0 Å². The van der Waals surface area contributed by atoms with E-state index >= 15 is 0 Å². The molecule has 0 aliphatic carbocycles. The first-order valence-electron chi connectivity index (χ1n) is 6.60. The van der Waals surface area contributed by atoms with Gasteiger partial charge in [0.05, 0.1) is 4.92 Å². The smallest absolute Gasteiger partial charge is 0.293 e. The van der Waals surface area contributed by atoms with Crippen molar-refractivity contribution in [3.05, 3.63) is 33.9 Å². The van der Waals surface area contributed by atoms with Crippen molar-refractivity contribution in [2.75, 3.05) is 12.0 Å². The molecule has 1 saturated heterocycles. The first kappa shape index (κ1) is 14.3. The van der Waals surface area contributed by atoms with Crippen molar-refractivity contribution < 1.29 is 9.72 Å². The first-order valence-corrected chi connectivity index (χ1v) is 6.60. The summed E-state index contributed by atoms with van der Waals surface area (Å²) >= 11 is 0. The Labute approximate surface area is 116 Å². The highest BCUT2D eigenvalue weighted by atomic mass is 16.6. The number of nitro groups is 1. The minimum atomic E-state index is -0.535. The van der Waals surface area contributed by atoms with Gasteiger partial charge in [-0.05, 0) is 38.3 Å². The predicted octanol–water partition coefficient (Wildman–Crippen LogP) is 1.90. The molecule has 1 aromatic carbocycles. The van der Waals surface area contributed by atoms with Gasteiger partial charge in [0, 0.05) is 24.2 Å². The molecule has 1 aliphatic heterocycles. The minimum absolute atomic E-state index is 0.108. The lowest BCUT2D eigenvalue weighted by Gasteiger charge is -2.33. The average molecular weight is 278 g/mol. The number of nitrogens with two attached hydrogens (primary N) is 1. The molecule has 1 amide bonds. The van der Waals surface area contributed by atoms with Gasteiger partial charge in [0.1, 0.15) is 5.69 Å². The fourth-order valence-electron chi connectivity index (χ4n) is 2.51. The van der Waals surface area contributed by atoms with E-state index < -0.39 is 4.92 Å². The van der Waals surface area contributed by atoms with E-state index in [1.165, 1.54) is 18.2 Å². The number of likely N-dealkylation sites (tertiary alicyclic amines) is 1. The summed E-state index contributed by atoms with van der Waals surface area (Å²) in [5, 5.41) is 10.8. The second kappa shape index (κ2) is 5.87. The van der Waals surface area contributed by atoms with Gasteiger partial charge in [-0.15, -0.1) is 0 Å². The summed E-state index contributed by atoms with van der Waals surface area (Å²) in [6.45, 7) is 2.74. The van der Waals surface area contributed by atoms with Crippen molar-refractivity contribution in [3.63, 3.8) is 0 Å². The Balaban J connectivity index is 2.28. The molecule has 0 bridgehead atoms. The number of benzene rings is 1. The monoisotopic (exact) mass is 278 g/mol. The number of anilines is 1. The van der Waals surface area contributed by atoms with Gasteiger partial charge in [-0.25, -0.2) is 0 Å². The fourth-order valence-corrected chi connectivity index (χ4v) is 2.51. The Morgan fingerprint density at radius 3 is 2.85 bits per heavy atom. The molecule has 108 valence electrons. The molecule has 7 heteroatoms. The molecule has 1 aromatic rings. The minimum Gasteiger partial charge on any atom is -0.336 e. The van der Waals surface area contributed by atoms with Crippen LogP contribution in [-0.4, -0.2) is 28.3 Å². The number of hydrogen-bond donors (Lipinski definition) is 2. The Kier molecular flexibility index (Phi) is 4.19. The topological polar surface area (TPSA) is 102 Å². The van der Waals surface area contributed by atoms with E-state index in [2.05, 4.69) is 5.43 Å². The van der Waals surface area contributed by atoms with Gasteiger partial charge >= 0.3 is 0 Å². The standard InChI is InChI=1S/C13H18N4O3/c1-9-4-2-3-7-16(9)13(18)10-5-6-12(17(19)20)11(8-10)15-14/h5-6,8-9,15H,2-4,7,14H2,1H3. The van der Waals surface area contributed by atoms with Crippen LogP contribution in [0.2, 0.25) is 0 Å². The van der Waals surface area contributed by atoms with Gasteiger partial charge in [0.2, 0.25) is 0 Å². The number of nitrogens with one attached hydrogen (secondary N) is 1. The van der Waals surface area contributed by atoms with E-state index in [9.17, 15) is 14.9 Å². The van der Waals surface area contributed by atoms with Crippen LogP contribution in [0.15, 0.2) is 18.2 Å². The molecule has 20 heavy (non-hydrogen) atoms. The molecule has 0 saturated carbocycles. The summed E-state index contributed by atoms with van der Waals surface area (Å²) in [6.07, 6.45) is 3.10. The number of amides is 1. The molecule has 7 nitrogen and oxygen atoms in total. The van der Waals surface area contributed by atoms with E-state index in [4.69, 9.17) is 5.84 Å². The summed E-state index contributed by atoms with van der Waals surface area (Å²) < 4.78 is 0. The number of rotatable bonds is 3. The lowest BCUT2D eigenvalue weighted by atomic mass is 10.0. The van der Waals surface area contributed by atoms with E-state index in [1.807, 2.05) is 11.8 Å². The van der Waals surface area contributed by atoms with E-state index in [0.29, 0.717) is 5.56 Å². The van der Waals surface area contributed by atoms with Crippen LogP contribution in [0.1, 0.15) is 36.5 Å². The zero-order valence-corrected chi connectivity index (χ0v) is 11.3. The van der Waals surface area contributed by atoms with Crippen LogP contribution in [0.5, 0.6) is 0 Å². The highest BCUT2D eigenvalue weighted by Gasteiger charge is 2.25. The van der Waals surface area contributed by atoms with Crippen molar-refractivity contribution in [1.29, 1.82) is 0 Å². The second-order valence-corrected chi connectivity index (χ2v) is 4.98.